The summed E-state index contributed by atoms with van der Waals surface area (Å²) < 4.78 is 25.1. The van der Waals surface area contributed by atoms with Gasteiger partial charge in [-0.15, -0.1) is 0 Å². The number of hydrogen-bond acceptors (Lipinski definition) is 2. The summed E-state index contributed by atoms with van der Waals surface area (Å²) in [5.41, 5.74) is 6.19. The van der Waals surface area contributed by atoms with E-state index in [0.29, 0.717) is 14.8 Å². The predicted octanol–water partition coefficient (Wildman–Crippen LogP) is 2.51. The van der Waals surface area contributed by atoms with Crippen LogP contribution in [0.5, 0.6) is 0 Å². The molecule has 0 atom stereocenters. The van der Waals surface area contributed by atoms with E-state index in [0.717, 1.165) is 0 Å². The molecule has 2 N–H and O–H groups in total. The van der Waals surface area contributed by atoms with E-state index in [4.69, 9.17) is 5.73 Å². The lowest BCUT2D eigenvalue weighted by atomic mass is 10.2. The molecule has 12 heavy (non-hydrogen) atoms. The van der Waals surface area contributed by atoms with E-state index >= 15 is 0 Å². The summed E-state index contributed by atoms with van der Waals surface area (Å²) >= 11 is 1.93. The van der Waals surface area contributed by atoms with E-state index in [9.17, 15) is 8.78 Å². The molecule has 0 amide bonds. The first kappa shape index (κ1) is 9.63. The van der Waals surface area contributed by atoms with Gasteiger partial charge in [0.2, 0.25) is 0 Å². The Bertz CT molecular complexity index is 302. The standard InChI is InChI=1S/C7H7F2IN2/c1-3-5(10)4(11)2-12-6(3)7(8)9/h2,7H,11H2,1H3. The number of halogens is 3. The maximum Gasteiger partial charge on any atom is 0.280 e. The lowest BCUT2D eigenvalue weighted by Crippen LogP contribution is -2.01. The van der Waals surface area contributed by atoms with Crippen molar-refractivity contribution in [3.63, 3.8) is 0 Å². The molecule has 1 heterocycles. The smallest absolute Gasteiger partial charge is 0.280 e. The van der Waals surface area contributed by atoms with E-state index in [1.165, 1.54) is 6.20 Å². The number of rotatable bonds is 1. The molecule has 0 spiro atoms. The van der Waals surface area contributed by atoms with Crippen LogP contribution in [0.1, 0.15) is 17.7 Å². The minimum atomic E-state index is -2.53. The first-order valence-electron chi connectivity index (χ1n) is 3.22. The number of nitrogen functional groups attached to an aromatic ring is 1. The topological polar surface area (TPSA) is 38.9 Å². The summed E-state index contributed by atoms with van der Waals surface area (Å²) in [6, 6.07) is 0. The highest BCUT2D eigenvalue weighted by molar-refractivity contribution is 14.1. The van der Waals surface area contributed by atoms with Gasteiger partial charge in [0, 0.05) is 3.57 Å². The third kappa shape index (κ3) is 1.65. The van der Waals surface area contributed by atoms with E-state index < -0.39 is 6.43 Å². The Kier molecular flexibility index (Phi) is 2.81. The van der Waals surface area contributed by atoms with Crippen LogP contribution < -0.4 is 5.73 Å². The zero-order valence-electron chi connectivity index (χ0n) is 6.31. The van der Waals surface area contributed by atoms with Crippen LogP contribution in [0.3, 0.4) is 0 Å². The summed E-state index contributed by atoms with van der Waals surface area (Å²) in [5, 5.41) is 0. The minimum Gasteiger partial charge on any atom is -0.397 e. The summed E-state index contributed by atoms with van der Waals surface area (Å²) in [6.45, 7) is 1.59. The number of anilines is 1. The SMILES string of the molecule is Cc1c(C(F)F)ncc(N)c1I. The van der Waals surface area contributed by atoms with Crippen LogP contribution in [0.15, 0.2) is 6.20 Å². The molecule has 5 heteroatoms. The molecule has 1 rings (SSSR count). The fraction of sp³-hybridized carbons (Fsp3) is 0.286. The first-order chi connectivity index (χ1) is 5.54. The second kappa shape index (κ2) is 3.51. The van der Waals surface area contributed by atoms with Crippen molar-refractivity contribution in [2.45, 2.75) is 13.3 Å². The molecule has 0 saturated heterocycles. The zero-order valence-corrected chi connectivity index (χ0v) is 8.47. The van der Waals surface area contributed by atoms with Gasteiger partial charge in [0.1, 0.15) is 5.69 Å². The number of aromatic nitrogens is 1. The number of alkyl halides is 2. The molecule has 2 nitrogen and oxygen atoms in total. The molecule has 0 radical (unpaired) electrons. The second-order valence-electron chi connectivity index (χ2n) is 2.34. The predicted molar refractivity (Wildman–Crippen MR) is 51.1 cm³/mol. The highest BCUT2D eigenvalue weighted by Gasteiger charge is 2.15. The van der Waals surface area contributed by atoms with Crippen molar-refractivity contribution in [3.05, 3.63) is 21.0 Å². The lowest BCUT2D eigenvalue weighted by Gasteiger charge is -2.06. The van der Waals surface area contributed by atoms with E-state index in [1.807, 2.05) is 22.6 Å². The molecule has 0 unspecified atom stereocenters. The largest absolute Gasteiger partial charge is 0.397 e. The molecule has 0 aliphatic rings. The van der Waals surface area contributed by atoms with Crippen LogP contribution in [-0.4, -0.2) is 4.98 Å². The Morgan fingerprint density at radius 1 is 1.58 bits per heavy atom. The second-order valence-corrected chi connectivity index (χ2v) is 3.42. The van der Waals surface area contributed by atoms with Crippen molar-refractivity contribution >= 4 is 28.3 Å². The van der Waals surface area contributed by atoms with Crippen molar-refractivity contribution in [3.8, 4) is 0 Å². The van der Waals surface area contributed by atoms with Gasteiger partial charge >= 0.3 is 0 Å². The molecule has 0 bridgehead atoms. The summed E-state index contributed by atoms with van der Waals surface area (Å²) in [7, 11) is 0. The Hall–Kier alpha value is -0.460. The Balaban J connectivity index is 3.27. The quantitative estimate of drug-likeness (QED) is 0.805. The zero-order chi connectivity index (χ0) is 9.30. The lowest BCUT2D eigenvalue weighted by molar-refractivity contribution is 0.145. The third-order valence-electron chi connectivity index (χ3n) is 1.52. The van der Waals surface area contributed by atoms with Crippen LogP contribution in [0.4, 0.5) is 14.5 Å². The molecule has 1 aromatic heterocycles. The normalized spacial score (nSPS) is 10.8. The highest BCUT2D eigenvalue weighted by atomic mass is 127. The van der Waals surface area contributed by atoms with Crippen molar-refractivity contribution in [1.29, 1.82) is 0 Å². The number of nitrogens with two attached hydrogens (primary N) is 1. The van der Waals surface area contributed by atoms with E-state index in [1.54, 1.807) is 6.92 Å². The van der Waals surface area contributed by atoms with Gasteiger partial charge in [-0.1, -0.05) is 0 Å². The molecule has 0 fully saturated rings. The Morgan fingerprint density at radius 3 is 2.67 bits per heavy atom. The van der Waals surface area contributed by atoms with Crippen LogP contribution >= 0.6 is 22.6 Å². The molecule has 0 aromatic carbocycles. The average Bonchev–Trinajstić information content (AvgIpc) is 2.00. The van der Waals surface area contributed by atoms with Crippen molar-refractivity contribution in [2.24, 2.45) is 0 Å². The summed E-state index contributed by atoms with van der Waals surface area (Å²) in [4.78, 5) is 3.56. The van der Waals surface area contributed by atoms with Gasteiger partial charge in [-0.25, -0.2) is 8.78 Å². The van der Waals surface area contributed by atoms with Crippen molar-refractivity contribution < 1.29 is 8.78 Å². The van der Waals surface area contributed by atoms with E-state index in [-0.39, 0.29) is 5.69 Å². The highest BCUT2D eigenvalue weighted by Crippen LogP contribution is 2.26. The monoisotopic (exact) mass is 284 g/mol. The molecular weight excluding hydrogens is 277 g/mol. The summed E-state index contributed by atoms with van der Waals surface area (Å²) in [6.07, 6.45) is -1.27. The third-order valence-corrected chi connectivity index (χ3v) is 2.95. The average molecular weight is 284 g/mol. The maximum atomic E-state index is 12.2. The minimum absolute atomic E-state index is 0.186. The molecule has 1 aromatic rings. The molecule has 0 saturated carbocycles. The molecule has 0 aliphatic carbocycles. The molecular formula is C7H7F2IN2. The fourth-order valence-electron chi connectivity index (χ4n) is 0.842. The van der Waals surface area contributed by atoms with E-state index in [2.05, 4.69) is 4.98 Å². The van der Waals surface area contributed by atoms with Crippen LogP contribution in [0, 0.1) is 10.5 Å². The van der Waals surface area contributed by atoms with Crippen molar-refractivity contribution in [1.82, 2.24) is 4.98 Å². The van der Waals surface area contributed by atoms with Crippen LogP contribution in [0.25, 0.3) is 0 Å². The number of hydrogen-bond donors (Lipinski definition) is 1. The number of pyridine rings is 1. The summed E-state index contributed by atoms with van der Waals surface area (Å²) in [5.74, 6) is 0. The van der Waals surface area contributed by atoms with Gasteiger partial charge < -0.3 is 5.73 Å². The van der Waals surface area contributed by atoms with Gasteiger partial charge in [0.25, 0.3) is 6.43 Å². The van der Waals surface area contributed by atoms with Crippen LogP contribution in [-0.2, 0) is 0 Å². The molecule has 66 valence electrons. The number of nitrogens with zero attached hydrogens (tertiary/aromatic N) is 1. The van der Waals surface area contributed by atoms with Gasteiger partial charge in [0.05, 0.1) is 11.9 Å². The van der Waals surface area contributed by atoms with Gasteiger partial charge in [-0.3, -0.25) is 4.98 Å². The van der Waals surface area contributed by atoms with Crippen molar-refractivity contribution in [2.75, 3.05) is 5.73 Å². The van der Waals surface area contributed by atoms with Gasteiger partial charge in [-0.05, 0) is 35.1 Å². The Labute approximate surface area is 82.3 Å². The molecule has 0 aliphatic heterocycles. The first-order valence-corrected chi connectivity index (χ1v) is 4.30. The fourth-order valence-corrected chi connectivity index (χ4v) is 1.26. The van der Waals surface area contributed by atoms with Crippen LogP contribution in [0.2, 0.25) is 0 Å². The van der Waals surface area contributed by atoms with Gasteiger partial charge in [-0.2, -0.15) is 0 Å². The van der Waals surface area contributed by atoms with Gasteiger partial charge in [0.15, 0.2) is 0 Å². The Morgan fingerprint density at radius 2 is 2.17 bits per heavy atom. The maximum absolute atomic E-state index is 12.2.